The van der Waals surface area contributed by atoms with E-state index in [1.165, 1.54) is 19.2 Å². The molecule has 1 amide bonds. The molecular formula is C17H20N4O5. The first-order valence-electron chi connectivity index (χ1n) is 8.26. The van der Waals surface area contributed by atoms with E-state index in [2.05, 4.69) is 16.7 Å². The van der Waals surface area contributed by atoms with E-state index < -0.39 is 28.9 Å². The number of nitriles is 1. The van der Waals surface area contributed by atoms with Gasteiger partial charge in [0.25, 0.3) is 11.6 Å². The third-order valence-electron chi connectivity index (χ3n) is 4.33. The summed E-state index contributed by atoms with van der Waals surface area (Å²) in [5.74, 6) is -1.41. The van der Waals surface area contributed by atoms with Crippen molar-refractivity contribution in [3.63, 3.8) is 0 Å². The third kappa shape index (κ3) is 4.47. The Balaban J connectivity index is 1.98. The smallest absolute Gasteiger partial charge is 0.338 e. The van der Waals surface area contributed by atoms with Crippen molar-refractivity contribution in [3.8, 4) is 6.07 Å². The Labute approximate surface area is 150 Å². The molecule has 0 spiro atoms. The molecule has 0 radical (unpaired) electrons. The summed E-state index contributed by atoms with van der Waals surface area (Å²) in [6.07, 6.45) is 3.88. The zero-order valence-corrected chi connectivity index (χ0v) is 14.4. The summed E-state index contributed by atoms with van der Waals surface area (Å²) >= 11 is 0. The Morgan fingerprint density at radius 1 is 1.35 bits per heavy atom. The van der Waals surface area contributed by atoms with Gasteiger partial charge in [-0.05, 0) is 25.0 Å². The molecule has 1 aliphatic carbocycles. The van der Waals surface area contributed by atoms with E-state index in [9.17, 15) is 25.0 Å². The zero-order chi connectivity index (χ0) is 19.2. The molecule has 0 heterocycles. The van der Waals surface area contributed by atoms with Gasteiger partial charge < -0.3 is 15.4 Å². The molecule has 2 N–H and O–H groups in total. The van der Waals surface area contributed by atoms with Gasteiger partial charge in [0.1, 0.15) is 11.2 Å². The molecule has 1 saturated carbocycles. The fraction of sp³-hybridized carbons (Fsp3) is 0.471. The molecule has 0 aliphatic heterocycles. The number of benzene rings is 1. The maximum Gasteiger partial charge on any atom is 0.338 e. The Hall–Kier alpha value is -3.15. The van der Waals surface area contributed by atoms with Crippen molar-refractivity contribution in [1.29, 1.82) is 5.26 Å². The average molecular weight is 360 g/mol. The van der Waals surface area contributed by atoms with E-state index >= 15 is 0 Å². The first-order chi connectivity index (χ1) is 12.4. The molecule has 26 heavy (non-hydrogen) atoms. The van der Waals surface area contributed by atoms with Crippen LogP contribution in [-0.4, -0.2) is 36.0 Å². The van der Waals surface area contributed by atoms with Gasteiger partial charge in [-0.15, -0.1) is 0 Å². The maximum atomic E-state index is 12.1. The fourth-order valence-corrected chi connectivity index (χ4v) is 2.96. The minimum atomic E-state index is -0.908. The molecule has 9 heteroatoms. The van der Waals surface area contributed by atoms with E-state index in [1.54, 1.807) is 0 Å². The van der Waals surface area contributed by atoms with Crippen molar-refractivity contribution >= 4 is 23.3 Å². The molecule has 0 aromatic heterocycles. The molecule has 0 atom stereocenters. The van der Waals surface area contributed by atoms with Gasteiger partial charge in [-0.2, -0.15) is 5.26 Å². The number of hydrogen-bond acceptors (Lipinski definition) is 7. The van der Waals surface area contributed by atoms with Crippen molar-refractivity contribution in [2.24, 2.45) is 0 Å². The molecule has 9 nitrogen and oxygen atoms in total. The Kier molecular flexibility index (Phi) is 6.11. The lowest BCUT2D eigenvalue weighted by Gasteiger charge is -2.31. The lowest BCUT2D eigenvalue weighted by atomic mass is 9.83. The van der Waals surface area contributed by atoms with Gasteiger partial charge >= 0.3 is 5.97 Å². The largest absolute Gasteiger partial charge is 0.452 e. The molecule has 138 valence electrons. The van der Waals surface area contributed by atoms with Crippen molar-refractivity contribution < 1.29 is 19.2 Å². The molecule has 1 aromatic carbocycles. The number of esters is 1. The van der Waals surface area contributed by atoms with Crippen molar-refractivity contribution in [2.45, 2.75) is 37.6 Å². The second-order valence-corrected chi connectivity index (χ2v) is 6.12. The molecule has 1 fully saturated rings. The second-order valence-electron chi connectivity index (χ2n) is 6.12. The lowest BCUT2D eigenvalue weighted by Crippen LogP contribution is -2.50. The van der Waals surface area contributed by atoms with Crippen LogP contribution < -0.4 is 10.6 Å². The fourth-order valence-electron chi connectivity index (χ4n) is 2.96. The van der Waals surface area contributed by atoms with Crippen molar-refractivity contribution in [2.75, 3.05) is 19.0 Å². The SMILES string of the molecule is CNc1ccc(C(=O)OCC(=O)NC2(C#N)CCCCC2)cc1[N+](=O)[O-]. The van der Waals surface area contributed by atoms with Crippen LogP contribution in [0.25, 0.3) is 0 Å². The van der Waals surface area contributed by atoms with E-state index in [4.69, 9.17) is 4.74 Å². The van der Waals surface area contributed by atoms with Crippen LogP contribution in [-0.2, 0) is 9.53 Å². The Bertz CT molecular complexity index is 750. The van der Waals surface area contributed by atoms with Gasteiger partial charge in [-0.25, -0.2) is 4.79 Å². The van der Waals surface area contributed by atoms with Crippen molar-refractivity contribution in [1.82, 2.24) is 5.32 Å². The van der Waals surface area contributed by atoms with E-state index in [0.29, 0.717) is 12.8 Å². The monoisotopic (exact) mass is 360 g/mol. The number of carbonyl (C=O) groups is 2. The van der Waals surface area contributed by atoms with Crippen LogP contribution in [0.2, 0.25) is 0 Å². The Morgan fingerprint density at radius 2 is 2.04 bits per heavy atom. The third-order valence-corrected chi connectivity index (χ3v) is 4.33. The van der Waals surface area contributed by atoms with Crippen LogP contribution in [0.3, 0.4) is 0 Å². The van der Waals surface area contributed by atoms with Crippen LogP contribution >= 0.6 is 0 Å². The van der Waals surface area contributed by atoms with Gasteiger partial charge in [0.15, 0.2) is 6.61 Å². The number of anilines is 1. The normalized spacial score (nSPS) is 15.4. The number of nitro groups is 1. The summed E-state index contributed by atoms with van der Waals surface area (Å²) in [7, 11) is 1.53. The van der Waals surface area contributed by atoms with E-state index in [-0.39, 0.29) is 16.9 Å². The molecule has 0 saturated heterocycles. The van der Waals surface area contributed by atoms with Crippen LogP contribution in [0.4, 0.5) is 11.4 Å². The number of hydrogen-bond donors (Lipinski definition) is 2. The molecular weight excluding hydrogens is 340 g/mol. The maximum absolute atomic E-state index is 12.1. The summed E-state index contributed by atoms with van der Waals surface area (Å²) in [6, 6.07) is 6.00. The summed E-state index contributed by atoms with van der Waals surface area (Å²) in [6.45, 7) is -0.552. The van der Waals surface area contributed by atoms with Crippen molar-refractivity contribution in [3.05, 3.63) is 33.9 Å². The quantitative estimate of drug-likeness (QED) is 0.451. The standard InChI is InChI=1S/C17H20N4O5/c1-19-13-6-5-12(9-14(13)21(24)25)16(23)26-10-15(22)20-17(11-18)7-3-2-4-8-17/h5-6,9,19H,2-4,7-8,10H2,1H3,(H,20,22). The van der Waals surface area contributed by atoms with Gasteiger partial charge in [0, 0.05) is 13.1 Å². The summed E-state index contributed by atoms with van der Waals surface area (Å²) in [5.41, 5.74) is -0.944. The average Bonchev–Trinajstić information content (AvgIpc) is 2.66. The first-order valence-corrected chi connectivity index (χ1v) is 8.26. The zero-order valence-electron chi connectivity index (χ0n) is 14.4. The highest BCUT2D eigenvalue weighted by atomic mass is 16.6. The van der Waals surface area contributed by atoms with Crippen LogP contribution in [0.1, 0.15) is 42.5 Å². The molecule has 0 unspecified atom stereocenters. The second kappa shape index (κ2) is 8.29. The highest BCUT2D eigenvalue weighted by molar-refractivity contribution is 5.93. The number of rotatable bonds is 6. The number of nitrogens with one attached hydrogen (secondary N) is 2. The number of nitrogens with zero attached hydrogens (tertiary/aromatic N) is 2. The first kappa shape index (κ1) is 19.2. The molecule has 1 aromatic rings. The van der Waals surface area contributed by atoms with Crippen LogP contribution in [0, 0.1) is 21.4 Å². The van der Waals surface area contributed by atoms with Crippen LogP contribution in [0.15, 0.2) is 18.2 Å². The molecule has 0 bridgehead atoms. The predicted molar refractivity (Wildman–Crippen MR) is 92.5 cm³/mol. The Morgan fingerprint density at radius 3 is 2.62 bits per heavy atom. The predicted octanol–water partition coefficient (Wildman–Crippen LogP) is 2.14. The highest BCUT2D eigenvalue weighted by Crippen LogP contribution is 2.27. The summed E-state index contributed by atoms with van der Waals surface area (Å²) in [5, 5.41) is 25.7. The molecule has 2 rings (SSSR count). The minimum absolute atomic E-state index is 0.0313. The highest BCUT2D eigenvalue weighted by Gasteiger charge is 2.33. The van der Waals surface area contributed by atoms with E-state index in [1.807, 2.05) is 0 Å². The van der Waals surface area contributed by atoms with Gasteiger partial charge in [-0.1, -0.05) is 19.3 Å². The molecule has 1 aliphatic rings. The number of nitro benzene ring substituents is 1. The van der Waals surface area contributed by atoms with Crippen LogP contribution in [0.5, 0.6) is 0 Å². The summed E-state index contributed by atoms with van der Waals surface area (Å²) < 4.78 is 4.93. The topological polar surface area (TPSA) is 134 Å². The van der Waals surface area contributed by atoms with E-state index in [0.717, 1.165) is 25.3 Å². The number of ether oxygens (including phenoxy) is 1. The summed E-state index contributed by atoms with van der Waals surface area (Å²) in [4.78, 5) is 34.5. The number of carbonyl (C=O) groups excluding carboxylic acids is 2. The van der Waals surface area contributed by atoms with Gasteiger partial charge in [0.2, 0.25) is 0 Å². The minimum Gasteiger partial charge on any atom is -0.452 e. The van der Waals surface area contributed by atoms with Gasteiger partial charge in [0.05, 0.1) is 16.6 Å². The number of amides is 1. The lowest BCUT2D eigenvalue weighted by molar-refractivity contribution is -0.384. The van der Waals surface area contributed by atoms with Gasteiger partial charge in [-0.3, -0.25) is 14.9 Å².